The van der Waals surface area contributed by atoms with Crippen LogP contribution in [0.4, 0.5) is 0 Å². The molecule has 162 valence electrons. The van der Waals surface area contributed by atoms with Crippen LogP contribution in [0.2, 0.25) is 10.0 Å². The van der Waals surface area contributed by atoms with Crippen LogP contribution in [-0.4, -0.2) is 35.9 Å². The third-order valence-electron chi connectivity index (χ3n) is 4.56. The predicted octanol–water partition coefficient (Wildman–Crippen LogP) is 4.95. The summed E-state index contributed by atoms with van der Waals surface area (Å²) in [5.74, 6) is 0.219. The Balaban J connectivity index is 2.22. The van der Waals surface area contributed by atoms with Crippen molar-refractivity contribution >= 4 is 35.0 Å². The molecule has 2 amide bonds. The van der Waals surface area contributed by atoms with Gasteiger partial charge in [0.1, 0.15) is 11.8 Å². The molecule has 0 bridgehead atoms. The molecule has 7 heteroatoms. The van der Waals surface area contributed by atoms with Crippen LogP contribution in [0.5, 0.6) is 5.75 Å². The first-order valence-corrected chi connectivity index (χ1v) is 10.8. The summed E-state index contributed by atoms with van der Waals surface area (Å²) in [4.78, 5) is 27.5. The summed E-state index contributed by atoms with van der Waals surface area (Å²) in [6.45, 7) is 6.43. The molecule has 0 radical (unpaired) electrons. The molecule has 2 rings (SSSR count). The van der Waals surface area contributed by atoms with E-state index in [1.165, 1.54) is 4.90 Å². The van der Waals surface area contributed by atoms with Crippen molar-refractivity contribution in [2.24, 2.45) is 5.92 Å². The molecular formula is C23H28Cl2N2O3. The maximum atomic E-state index is 13.1. The van der Waals surface area contributed by atoms with Crippen LogP contribution in [0.25, 0.3) is 0 Å². The number of para-hydroxylation sites is 1. The first-order valence-electron chi connectivity index (χ1n) is 10.0. The van der Waals surface area contributed by atoms with Crippen molar-refractivity contribution in [2.75, 3.05) is 13.2 Å². The number of halogens is 2. The van der Waals surface area contributed by atoms with E-state index in [0.29, 0.717) is 34.7 Å². The Morgan fingerprint density at radius 3 is 2.27 bits per heavy atom. The molecule has 0 saturated heterocycles. The number of carbonyl (C=O) groups excluding carboxylic acids is 2. The van der Waals surface area contributed by atoms with Gasteiger partial charge in [-0.2, -0.15) is 0 Å². The van der Waals surface area contributed by atoms with Gasteiger partial charge in [0, 0.05) is 18.1 Å². The van der Waals surface area contributed by atoms with E-state index in [1.807, 2.05) is 39.0 Å². The molecule has 0 saturated carbocycles. The molecule has 5 nitrogen and oxygen atoms in total. The molecule has 0 spiro atoms. The summed E-state index contributed by atoms with van der Waals surface area (Å²) in [6.07, 6.45) is 0.464. The summed E-state index contributed by atoms with van der Waals surface area (Å²) in [5.41, 5.74) is 0.764. The fourth-order valence-electron chi connectivity index (χ4n) is 2.94. The summed E-state index contributed by atoms with van der Waals surface area (Å²) in [6, 6.07) is 13.6. The molecule has 1 N–H and O–H groups in total. The average Bonchev–Trinajstić information content (AvgIpc) is 2.72. The van der Waals surface area contributed by atoms with E-state index in [9.17, 15) is 9.59 Å². The molecule has 30 heavy (non-hydrogen) atoms. The molecule has 0 unspecified atom stereocenters. The summed E-state index contributed by atoms with van der Waals surface area (Å²) < 4.78 is 5.63. The van der Waals surface area contributed by atoms with Crippen LogP contribution < -0.4 is 10.1 Å². The van der Waals surface area contributed by atoms with Crippen LogP contribution in [0, 0.1) is 5.92 Å². The van der Waals surface area contributed by atoms with Crippen molar-refractivity contribution in [1.29, 1.82) is 0 Å². The quantitative estimate of drug-likeness (QED) is 0.556. The number of rotatable bonds is 10. The van der Waals surface area contributed by atoms with E-state index >= 15 is 0 Å². The standard InChI is InChI=1S/C23H28Cl2N2O3/c1-4-20(23(29)26-13-16(2)3)27(14-17-9-5-6-10-18(17)24)22(28)15-30-21-12-8-7-11-19(21)25/h5-12,16,20H,4,13-15H2,1-3H3,(H,26,29)/t20-/m0/s1. The SMILES string of the molecule is CC[C@@H](C(=O)NCC(C)C)N(Cc1ccccc1Cl)C(=O)COc1ccccc1Cl. The number of benzene rings is 2. The van der Waals surface area contributed by atoms with Crippen LogP contribution in [-0.2, 0) is 16.1 Å². The van der Waals surface area contributed by atoms with E-state index in [2.05, 4.69) is 5.32 Å². The van der Waals surface area contributed by atoms with Gasteiger partial charge in [0.15, 0.2) is 6.61 Å². The van der Waals surface area contributed by atoms with E-state index in [4.69, 9.17) is 27.9 Å². The Labute approximate surface area is 188 Å². The fraction of sp³-hybridized carbons (Fsp3) is 0.391. The Kier molecular flexibility index (Phi) is 9.47. The highest BCUT2D eigenvalue weighted by Crippen LogP contribution is 2.24. The third kappa shape index (κ3) is 6.92. The number of amides is 2. The lowest BCUT2D eigenvalue weighted by molar-refractivity contribution is -0.143. The Bertz CT molecular complexity index is 858. The molecule has 0 fully saturated rings. The smallest absolute Gasteiger partial charge is 0.261 e. The zero-order valence-electron chi connectivity index (χ0n) is 17.5. The Hall–Kier alpha value is -2.24. The maximum absolute atomic E-state index is 13.1. The second-order valence-corrected chi connectivity index (χ2v) is 8.21. The Morgan fingerprint density at radius 1 is 1.03 bits per heavy atom. The molecule has 2 aromatic carbocycles. The average molecular weight is 451 g/mol. The minimum atomic E-state index is -0.637. The Morgan fingerprint density at radius 2 is 1.67 bits per heavy atom. The summed E-state index contributed by atoms with van der Waals surface area (Å²) in [7, 11) is 0. The first kappa shape index (κ1) is 24.0. The zero-order chi connectivity index (χ0) is 22.1. The summed E-state index contributed by atoms with van der Waals surface area (Å²) in [5, 5.41) is 3.89. The number of nitrogens with zero attached hydrogens (tertiary/aromatic N) is 1. The van der Waals surface area contributed by atoms with E-state index in [-0.39, 0.29) is 25.0 Å². The molecule has 1 atom stereocenters. The zero-order valence-corrected chi connectivity index (χ0v) is 19.0. The van der Waals surface area contributed by atoms with Crippen molar-refractivity contribution in [3.05, 3.63) is 64.1 Å². The topological polar surface area (TPSA) is 58.6 Å². The van der Waals surface area contributed by atoms with Crippen molar-refractivity contribution in [3.8, 4) is 5.75 Å². The van der Waals surface area contributed by atoms with Crippen LogP contribution in [0.1, 0.15) is 32.8 Å². The lowest BCUT2D eigenvalue weighted by Crippen LogP contribution is -2.50. The third-order valence-corrected chi connectivity index (χ3v) is 5.24. The van der Waals surface area contributed by atoms with Crippen molar-refractivity contribution in [2.45, 2.75) is 39.8 Å². The van der Waals surface area contributed by atoms with E-state index in [0.717, 1.165) is 5.56 Å². The van der Waals surface area contributed by atoms with Gasteiger partial charge in [-0.05, 0) is 36.1 Å². The highest BCUT2D eigenvalue weighted by molar-refractivity contribution is 6.32. The van der Waals surface area contributed by atoms with Crippen molar-refractivity contribution < 1.29 is 14.3 Å². The van der Waals surface area contributed by atoms with Gasteiger partial charge in [0.2, 0.25) is 5.91 Å². The molecule has 0 aliphatic heterocycles. The predicted molar refractivity (Wildman–Crippen MR) is 121 cm³/mol. The second-order valence-electron chi connectivity index (χ2n) is 7.40. The number of carbonyl (C=O) groups is 2. The normalized spacial score (nSPS) is 11.8. The lowest BCUT2D eigenvalue weighted by atomic mass is 10.1. The van der Waals surface area contributed by atoms with Crippen LogP contribution in [0.15, 0.2) is 48.5 Å². The van der Waals surface area contributed by atoms with E-state index < -0.39 is 6.04 Å². The van der Waals surface area contributed by atoms with E-state index in [1.54, 1.807) is 30.3 Å². The van der Waals surface area contributed by atoms with Gasteiger partial charge < -0.3 is 15.0 Å². The fourth-order valence-corrected chi connectivity index (χ4v) is 3.32. The number of nitrogens with one attached hydrogen (secondary N) is 1. The highest BCUT2D eigenvalue weighted by atomic mass is 35.5. The van der Waals surface area contributed by atoms with Gasteiger partial charge >= 0.3 is 0 Å². The second kappa shape index (κ2) is 11.8. The first-order chi connectivity index (χ1) is 14.3. The monoisotopic (exact) mass is 450 g/mol. The minimum absolute atomic E-state index is 0.190. The maximum Gasteiger partial charge on any atom is 0.261 e. The van der Waals surface area contributed by atoms with Gasteiger partial charge in [0.25, 0.3) is 5.91 Å². The van der Waals surface area contributed by atoms with Gasteiger partial charge in [-0.15, -0.1) is 0 Å². The minimum Gasteiger partial charge on any atom is -0.482 e. The number of ether oxygens (including phenoxy) is 1. The molecule has 0 aliphatic rings. The largest absolute Gasteiger partial charge is 0.482 e. The molecular weight excluding hydrogens is 423 g/mol. The van der Waals surface area contributed by atoms with Gasteiger partial charge in [-0.25, -0.2) is 0 Å². The molecule has 2 aromatic rings. The van der Waals surface area contributed by atoms with Crippen LogP contribution >= 0.6 is 23.2 Å². The number of hydrogen-bond donors (Lipinski definition) is 1. The van der Waals surface area contributed by atoms with Crippen molar-refractivity contribution in [1.82, 2.24) is 10.2 Å². The highest BCUT2D eigenvalue weighted by Gasteiger charge is 2.29. The molecule has 0 aliphatic carbocycles. The lowest BCUT2D eigenvalue weighted by Gasteiger charge is -2.31. The van der Waals surface area contributed by atoms with Crippen LogP contribution in [0.3, 0.4) is 0 Å². The molecule has 0 heterocycles. The van der Waals surface area contributed by atoms with Crippen molar-refractivity contribution in [3.63, 3.8) is 0 Å². The summed E-state index contributed by atoms with van der Waals surface area (Å²) >= 11 is 12.4. The van der Waals surface area contributed by atoms with Gasteiger partial charge in [-0.3, -0.25) is 9.59 Å². The molecule has 0 aromatic heterocycles. The van der Waals surface area contributed by atoms with Gasteiger partial charge in [-0.1, -0.05) is 74.3 Å². The number of hydrogen-bond acceptors (Lipinski definition) is 3. The van der Waals surface area contributed by atoms with Gasteiger partial charge in [0.05, 0.1) is 5.02 Å².